The minimum Gasteiger partial charge on any atom is -0.379 e. The van der Waals surface area contributed by atoms with Crippen LogP contribution >= 0.6 is 0 Å². The Morgan fingerprint density at radius 2 is 2.00 bits per heavy atom. The van der Waals surface area contributed by atoms with Crippen molar-refractivity contribution in [2.75, 3.05) is 39.9 Å². The molecule has 0 aliphatic carbocycles. The van der Waals surface area contributed by atoms with Crippen molar-refractivity contribution in [3.8, 4) is 5.69 Å². The van der Waals surface area contributed by atoms with Crippen LogP contribution in [0.3, 0.4) is 0 Å². The fourth-order valence-corrected chi connectivity index (χ4v) is 4.15. The van der Waals surface area contributed by atoms with Gasteiger partial charge in [-0.1, -0.05) is 6.07 Å². The number of hydrogen-bond donors (Lipinski definition) is 0. The zero-order valence-electron chi connectivity index (χ0n) is 15.7. The second-order valence-electron chi connectivity index (χ2n) is 7.63. The Balaban J connectivity index is 1.64. The van der Waals surface area contributed by atoms with Crippen LogP contribution in [0.25, 0.3) is 5.69 Å². The summed E-state index contributed by atoms with van der Waals surface area (Å²) in [7, 11) is 2.13. The van der Waals surface area contributed by atoms with Crippen LogP contribution in [0.2, 0.25) is 0 Å². The molecule has 6 nitrogen and oxygen atoms in total. The monoisotopic (exact) mass is 354 g/mol. The summed E-state index contributed by atoms with van der Waals surface area (Å²) >= 11 is 0. The molecule has 3 heterocycles. The molecule has 0 unspecified atom stereocenters. The summed E-state index contributed by atoms with van der Waals surface area (Å²) in [5.74, 6) is 0.458. The number of likely N-dealkylation sites (N-methyl/N-ethyl adjacent to an activating group) is 1. The summed E-state index contributed by atoms with van der Waals surface area (Å²) in [5, 5.41) is 4.54. The summed E-state index contributed by atoms with van der Waals surface area (Å²) in [6.45, 7) is 7.95. The van der Waals surface area contributed by atoms with E-state index in [1.54, 1.807) is 0 Å². The first-order valence-corrected chi connectivity index (χ1v) is 9.22. The molecule has 1 aromatic carbocycles. The molecule has 0 N–H and O–H groups in total. The fourth-order valence-electron chi connectivity index (χ4n) is 4.15. The van der Waals surface area contributed by atoms with E-state index < -0.39 is 0 Å². The summed E-state index contributed by atoms with van der Waals surface area (Å²) in [6.07, 6.45) is 0. The zero-order valence-corrected chi connectivity index (χ0v) is 15.7. The average molecular weight is 354 g/mol. The van der Waals surface area contributed by atoms with Gasteiger partial charge in [-0.25, -0.2) is 4.68 Å². The molecule has 2 aromatic rings. The van der Waals surface area contributed by atoms with Gasteiger partial charge in [-0.15, -0.1) is 0 Å². The van der Waals surface area contributed by atoms with Gasteiger partial charge >= 0.3 is 0 Å². The van der Waals surface area contributed by atoms with Crippen molar-refractivity contribution in [3.05, 3.63) is 47.3 Å². The van der Waals surface area contributed by atoms with Crippen LogP contribution in [0.15, 0.2) is 30.3 Å². The van der Waals surface area contributed by atoms with Crippen LogP contribution in [0, 0.1) is 19.8 Å². The molecule has 0 spiro atoms. The minimum atomic E-state index is 0.0872. The SMILES string of the molecule is Cc1cc(C)n(-c2cccc(C(=O)N3C[C@H]4COC[C@@H]3CN(C)C4)c2)n1. The quantitative estimate of drug-likeness (QED) is 0.826. The highest BCUT2D eigenvalue weighted by molar-refractivity contribution is 5.95. The van der Waals surface area contributed by atoms with Crippen LogP contribution in [0.4, 0.5) is 0 Å². The zero-order chi connectivity index (χ0) is 18.3. The standard InChI is InChI=1S/C20H26N4O2/c1-14-7-15(2)24(21-14)18-6-4-5-17(8-18)20(25)23-10-16-9-22(3)11-19(23)13-26-12-16/h4-8,16,19H,9-13H2,1-3H3/t16-,19-/m0/s1. The van der Waals surface area contributed by atoms with Crippen molar-refractivity contribution in [2.45, 2.75) is 19.9 Å². The van der Waals surface area contributed by atoms with Gasteiger partial charge in [0.2, 0.25) is 0 Å². The van der Waals surface area contributed by atoms with Crippen LogP contribution in [-0.2, 0) is 4.74 Å². The Kier molecular flexibility index (Phi) is 4.54. The van der Waals surface area contributed by atoms with Crippen molar-refractivity contribution in [3.63, 3.8) is 0 Å². The number of nitrogens with zero attached hydrogens (tertiary/aromatic N) is 4. The smallest absolute Gasteiger partial charge is 0.254 e. The molecule has 2 atom stereocenters. The number of carbonyl (C=O) groups is 1. The lowest BCUT2D eigenvalue weighted by Gasteiger charge is -2.29. The maximum atomic E-state index is 13.3. The highest BCUT2D eigenvalue weighted by atomic mass is 16.5. The van der Waals surface area contributed by atoms with E-state index in [-0.39, 0.29) is 11.9 Å². The number of fused-ring (bicyclic) bond motifs is 3. The number of hydrogen-bond acceptors (Lipinski definition) is 4. The Labute approximate surface area is 154 Å². The lowest BCUT2D eigenvalue weighted by molar-refractivity contribution is 0.0483. The Morgan fingerprint density at radius 3 is 2.77 bits per heavy atom. The molecule has 0 saturated carbocycles. The van der Waals surface area contributed by atoms with Gasteiger partial charge in [0.25, 0.3) is 5.91 Å². The molecule has 4 rings (SSSR count). The lowest BCUT2D eigenvalue weighted by atomic mass is 10.1. The summed E-state index contributed by atoms with van der Waals surface area (Å²) in [6, 6.07) is 9.93. The van der Waals surface area contributed by atoms with E-state index >= 15 is 0 Å². The first kappa shape index (κ1) is 17.2. The van der Waals surface area contributed by atoms with Gasteiger partial charge in [-0.3, -0.25) is 4.79 Å². The van der Waals surface area contributed by atoms with Crippen LogP contribution in [-0.4, -0.2) is 71.4 Å². The van der Waals surface area contributed by atoms with Crippen molar-refractivity contribution < 1.29 is 9.53 Å². The summed E-state index contributed by atoms with van der Waals surface area (Å²) in [4.78, 5) is 17.6. The number of aromatic nitrogens is 2. The van der Waals surface area contributed by atoms with Gasteiger partial charge in [-0.05, 0) is 45.2 Å². The second-order valence-corrected chi connectivity index (χ2v) is 7.63. The second kappa shape index (κ2) is 6.85. The Hall–Kier alpha value is -2.18. The van der Waals surface area contributed by atoms with Crippen LogP contribution < -0.4 is 0 Å². The third kappa shape index (κ3) is 3.27. The van der Waals surface area contributed by atoms with E-state index in [0.717, 1.165) is 43.3 Å². The first-order chi connectivity index (χ1) is 12.5. The molecular formula is C20H26N4O2. The molecular weight excluding hydrogens is 328 g/mol. The first-order valence-electron chi connectivity index (χ1n) is 9.22. The number of ether oxygens (including phenoxy) is 1. The molecule has 6 heteroatoms. The van der Waals surface area contributed by atoms with Crippen molar-refractivity contribution in [2.24, 2.45) is 5.92 Å². The van der Waals surface area contributed by atoms with Gasteiger partial charge in [0.05, 0.1) is 30.6 Å². The molecule has 2 fully saturated rings. The molecule has 26 heavy (non-hydrogen) atoms. The number of rotatable bonds is 2. The number of carbonyl (C=O) groups excluding carboxylic acids is 1. The normalized spacial score (nSPS) is 23.7. The van der Waals surface area contributed by atoms with Gasteiger partial charge in [0.1, 0.15) is 0 Å². The molecule has 2 saturated heterocycles. The molecule has 0 radical (unpaired) electrons. The topological polar surface area (TPSA) is 50.6 Å². The summed E-state index contributed by atoms with van der Waals surface area (Å²) < 4.78 is 7.70. The predicted molar refractivity (Wildman–Crippen MR) is 99.7 cm³/mol. The molecule has 138 valence electrons. The Bertz CT molecular complexity index is 816. The Morgan fingerprint density at radius 1 is 1.15 bits per heavy atom. The van der Waals surface area contributed by atoms with Crippen molar-refractivity contribution >= 4 is 5.91 Å². The van der Waals surface area contributed by atoms with E-state index in [4.69, 9.17) is 4.74 Å². The largest absolute Gasteiger partial charge is 0.379 e. The highest BCUT2D eigenvalue weighted by Crippen LogP contribution is 2.22. The summed E-state index contributed by atoms with van der Waals surface area (Å²) in [5.41, 5.74) is 3.67. The van der Waals surface area contributed by atoms with E-state index in [2.05, 4.69) is 17.0 Å². The average Bonchev–Trinajstić information content (AvgIpc) is 2.75. The highest BCUT2D eigenvalue weighted by Gasteiger charge is 2.35. The third-order valence-corrected chi connectivity index (χ3v) is 5.26. The maximum absolute atomic E-state index is 13.3. The predicted octanol–water partition coefficient (Wildman–Crippen LogP) is 1.89. The lowest BCUT2D eigenvalue weighted by Crippen LogP contribution is -2.46. The van der Waals surface area contributed by atoms with Crippen LogP contribution in [0.5, 0.6) is 0 Å². The minimum absolute atomic E-state index is 0.0872. The number of benzene rings is 1. The van der Waals surface area contributed by atoms with Crippen molar-refractivity contribution in [1.29, 1.82) is 0 Å². The van der Waals surface area contributed by atoms with Crippen molar-refractivity contribution in [1.82, 2.24) is 19.6 Å². The van der Waals surface area contributed by atoms with Gasteiger partial charge < -0.3 is 14.5 Å². The number of amides is 1. The van der Waals surface area contributed by atoms with Gasteiger partial charge in [-0.2, -0.15) is 5.10 Å². The molecule has 2 aliphatic heterocycles. The molecule has 1 amide bonds. The van der Waals surface area contributed by atoms with E-state index in [0.29, 0.717) is 18.1 Å². The molecule has 2 aliphatic rings. The van der Waals surface area contributed by atoms with Crippen LogP contribution in [0.1, 0.15) is 21.7 Å². The molecule has 1 aromatic heterocycles. The third-order valence-electron chi connectivity index (χ3n) is 5.26. The van der Waals surface area contributed by atoms with Gasteiger partial charge in [0.15, 0.2) is 0 Å². The van der Waals surface area contributed by atoms with E-state index in [1.165, 1.54) is 0 Å². The fraction of sp³-hybridized carbons (Fsp3) is 0.500. The maximum Gasteiger partial charge on any atom is 0.254 e. The molecule has 2 bridgehead atoms. The van der Waals surface area contributed by atoms with Gasteiger partial charge in [0, 0.05) is 36.8 Å². The van der Waals surface area contributed by atoms with E-state index in [1.807, 2.05) is 53.8 Å². The number of aryl methyl sites for hydroxylation is 2. The van der Waals surface area contributed by atoms with E-state index in [9.17, 15) is 4.79 Å².